The predicted molar refractivity (Wildman–Crippen MR) is 73.5 cm³/mol. The van der Waals surface area contributed by atoms with Crippen LogP contribution in [0.2, 0.25) is 0 Å². The Bertz CT molecular complexity index is 354. The Balaban J connectivity index is 0.00000256. The lowest BCUT2D eigenvalue weighted by atomic mass is 10.0. The summed E-state index contributed by atoms with van der Waals surface area (Å²) in [7, 11) is 3.38. The molecule has 4 heteroatoms. The molecule has 0 bridgehead atoms. The van der Waals surface area contributed by atoms with E-state index < -0.39 is 0 Å². The third-order valence-corrected chi connectivity index (χ3v) is 2.61. The molecule has 0 aliphatic rings. The van der Waals surface area contributed by atoms with E-state index in [1.807, 2.05) is 19.1 Å². The average molecular weight is 260 g/mol. The van der Waals surface area contributed by atoms with Crippen LogP contribution in [0.3, 0.4) is 0 Å². The Morgan fingerprint density at radius 3 is 2.00 bits per heavy atom. The van der Waals surface area contributed by atoms with E-state index in [1.54, 1.807) is 14.2 Å². The van der Waals surface area contributed by atoms with Gasteiger partial charge in [-0.25, -0.2) is 0 Å². The second-order valence-corrected chi connectivity index (χ2v) is 4.01. The zero-order chi connectivity index (χ0) is 12.1. The van der Waals surface area contributed by atoms with Crippen LogP contribution < -0.4 is 15.2 Å². The molecule has 3 nitrogen and oxygen atoms in total. The van der Waals surface area contributed by atoms with Gasteiger partial charge in [-0.3, -0.25) is 0 Å². The first-order chi connectivity index (χ1) is 7.62. The van der Waals surface area contributed by atoms with E-state index >= 15 is 0 Å². The van der Waals surface area contributed by atoms with Gasteiger partial charge < -0.3 is 15.2 Å². The Morgan fingerprint density at radius 1 is 1.12 bits per heavy atom. The number of hydrogen-bond acceptors (Lipinski definition) is 3. The van der Waals surface area contributed by atoms with Crippen molar-refractivity contribution in [3.8, 4) is 11.5 Å². The Morgan fingerprint density at radius 2 is 1.59 bits per heavy atom. The van der Waals surface area contributed by atoms with E-state index in [1.165, 1.54) is 0 Å². The van der Waals surface area contributed by atoms with Gasteiger partial charge in [0.25, 0.3) is 0 Å². The predicted octanol–water partition coefficient (Wildman–Crippen LogP) is 2.58. The van der Waals surface area contributed by atoms with Crippen LogP contribution in [0.15, 0.2) is 12.1 Å². The highest BCUT2D eigenvalue weighted by atomic mass is 35.5. The molecule has 0 aromatic heterocycles. The molecule has 1 atom stereocenters. The third kappa shape index (κ3) is 4.10. The van der Waals surface area contributed by atoms with Crippen molar-refractivity contribution in [1.82, 2.24) is 0 Å². The molecule has 0 fully saturated rings. The van der Waals surface area contributed by atoms with Crippen LogP contribution >= 0.6 is 12.4 Å². The standard InChI is InChI=1S/C13H21NO2.ClH/c1-5-10-7-13(16-4)11(6-9(2)14)8-12(10)15-3;/h7-9H,5-6,14H2,1-4H3;1H/t9-;/m0./s1. The van der Waals surface area contributed by atoms with Crippen LogP contribution in [0.25, 0.3) is 0 Å². The molecule has 0 unspecified atom stereocenters. The molecule has 0 spiro atoms. The average Bonchev–Trinajstić information content (AvgIpc) is 2.27. The molecule has 1 aromatic carbocycles. The second-order valence-electron chi connectivity index (χ2n) is 4.01. The molecule has 0 saturated heterocycles. The van der Waals surface area contributed by atoms with E-state index in [9.17, 15) is 0 Å². The van der Waals surface area contributed by atoms with Crippen molar-refractivity contribution >= 4 is 12.4 Å². The quantitative estimate of drug-likeness (QED) is 0.884. The van der Waals surface area contributed by atoms with Crippen molar-refractivity contribution in [2.75, 3.05) is 14.2 Å². The summed E-state index contributed by atoms with van der Waals surface area (Å²) >= 11 is 0. The van der Waals surface area contributed by atoms with Gasteiger partial charge in [0, 0.05) is 6.04 Å². The highest BCUT2D eigenvalue weighted by Gasteiger charge is 2.11. The monoisotopic (exact) mass is 259 g/mol. The lowest BCUT2D eigenvalue weighted by molar-refractivity contribution is 0.394. The van der Waals surface area contributed by atoms with Crippen LogP contribution in [0, 0.1) is 0 Å². The van der Waals surface area contributed by atoms with Gasteiger partial charge in [-0.1, -0.05) is 6.92 Å². The maximum Gasteiger partial charge on any atom is 0.122 e. The zero-order valence-electron chi connectivity index (χ0n) is 10.9. The highest BCUT2D eigenvalue weighted by Crippen LogP contribution is 2.29. The van der Waals surface area contributed by atoms with Gasteiger partial charge in [0.1, 0.15) is 11.5 Å². The van der Waals surface area contributed by atoms with E-state index in [-0.39, 0.29) is 18.4 Å². The lowest BCUT2D eigenvalue weighted by Gasteiger charge is -2.15. The number of rotatable bonds is 5. The molecule has 0 aliphatic carbocycles. The van der Waals surface area contributed by atoms with Gasteiger partial charge in [0.05, 0.1) is 14.2 Å². The van der Waals surface area contributed by atoms with Crippen molar-refractivity contribution in [2.24, 2.45) is 5.73 Å². The molecule has 0 saturated carbocycles. The Labute approximate surface area is 110 Å². The molecule has 17 heavy (non-hydrogen) atoms. The summed E-state index contributed by atoms with van der Waals surface area (Å²) < 4.78 is 10.7. The Kier molecular flexibility index (Phi) is 7.00. The minimum Gasteiger partial charge on any atom is -0.496 e. The topological polar surface area (TPSA) is 44.5 Å². The van der Waals surface area contributed by atoms with Gasteiger partial charge in [-0.05, 0) is 43.0 Å². The number of methoxy groups -OCH3 is 2. The summed E-state index contributed by atoms with van der Waals surface area (Å²) in [6, 6.07) is 4.18. The first-order valence-electron chi connectivity index (χ1n) is 5.61. The molecule has 1 rings (SSSR count). The van der Waals surface area contributed by atoms with Gasteiger partial charge in [0.15, 0.2) is 0 Å². The fourth-order valence-corrected chi connectivity index (χ4v) is 1.81. The number of hydrogen-bond donors (Lipinski definition) is 1. The summed E-state index contributed by atoms with van der Waals surface area (Å²) in [4.78, 5) is 0. The van der Waals surface area contributed by atoms with E-state index in [2.05, 4.69) is 6.92 Å². The van der Waals surface area contributed by atoms with Crippen molar-refractivity contribution in [3.05, 3.63) is 23.3 Å². The molecule has 0 amide bonds. The van der Waals surface area contributed by atoms with Gasteiger partial charge >= 0.3 is 0 Å². The summed E-state index contributed by atoms with van der Waals surface area (Å²) in [6.45, 7) is 4.09. The van der Waals surface area contributed by atoms with E-state index in [4.69, 9.17) is 15.2 Å². The normalized spacial score (nSPS) is 11.6. The fraction of sp³-hybridized carbons (Fsp3) is 0.538. The van der Waals surface area contributed by atoms with Crippen molar-refractivity contribution in [2.45, 2.75) is 32.7 Å². The van der Waals surface area contributed by atoms with Gasteiger partial charge in [0.2, 0.25) is 0 Å². The van der Waals surface area contributed by atoms with Crippen molar-refractivity contribution in [3.63, 3.8) is 0 Å². The summed E-state index contributed by atoms with van der Waals surface area (Å²) in [5, 5.41) is 0. The zero-order valence-corrected chi connectivity index (χ0v) is 11.8. The van der Waals surface area contributed by atoms with Crippen molar-refractivity contribution < 1.29 is 9.47 Å². The lowest BCUT2D eigenvalue weighted by Crippen LogP contribution is -2.18. The largest absolute Gasteiger partial charge is 0.496 e. The van der Waals surface area contributed by atoms with Crippen LogP contribution in [0.1, 0.15) is 25.0 Å². The van der Waals surface area contributed by atoms with Gasteiger partial charge in [-0.15, -0.1) is 12.4 Å². The number of aryl methyl sites for hydroxylation is 1. The van der Waals surface area contributed by atoms with Crippen LogP contribution in [0.4, 0.5) is 0 Å². The molecule has 0 radical (unpaired) electrons. The minimum atomic E-state index is 0. The Hall–Kier alpha value is -0.930. The number of benzene rings is 1. The number of nitrogens with two attached hydrogens (primary N) is 1. The maximum atomic E-state index is 5.81. The van der Waals surface area contributed by atoms with Crippen molar-refractivity contribution in [1.29, 1.82) is 0 Å². The molecule has 98 valence electrons. The van der Waals surface area contributed by atoms with E-state index in [0.717, 1.165) is 35.5 Å². The molecule has 1 aromatic rings. The van der Waals surface area contributed by atoms with Crippen LogP contribution in [0.5, 0.6) is 11.5 Å². The molecular weight excluding hydrogens is 238 g/mol. The SMILES string of the molecule is CCc1cc(OC)c(C[C@H](C)N)cc1OC.Cl. The summed E-state index contributed by atoms with van der Waals surface area (Å²) in [6.07, 6.45) is 1.72. The van der Waals surface area contributed by atoms with Gasteiger partial charge in [-0.2, -0.15) is 0 Å². The van der Waals surface area contributed by atoms with Crippen LogP contribution in [-0.2, 0) is 12.8 Å². The first-order valence-corrected chi connectivity index (χ1v) is 5.61. The second kappa shape index (κ2) is 7.41. The number of halogens is 1. The summed E-state index contributed by atoms with van der Waals surface area (Å²) in [5.41, 5.74) is 8.08. The smallest absolute Gasteiger partial charge is 0.122 e. The highest BCUT2D eigenvalue weighted by molar-refractivity contribution is 5.85. The maximum absolute atomic E-state index is 5.81. The third-order valence-electron chi connectivity index (χ3n) is 2.61. The molecule has 2 N–H and O–H groups in total. The molecular formula is C13H22ClNO2. The molecule has 0 aliphatic heterocycles. The van der Waals surface area contributed by atoms with E-state index in [0.29, 0.717) is 0 Å². The fourth-order valence-electron chi connectivity index (χ4n) is 1.81. The minimum absolute atomic E-state index is 0. The number of ether oxygens (including phenoxy) is 2. The van der Waals surface area contributed by atoms with Crippen LogP contribution in [-0.4, -0.2) is 20.3 Å². The first kappa shape index (κ1) is 16.1. The molecule has 0 heterocycles. The summed E-state index contributed by atoms with van der Waals surface area (Å²) in [5.74, 6) is 1.81.